The average molecular weight is 492 g/mol. The number of carbonyl (C=O) groups excluding carboxylic acids is 2. The zero-order valence-electron chi connectivity index (χ0n) is 20.3. The summed E-state index contributed by atoms with van der Waals surface area (Å²) in [6.45, 7) is 4.83. The van der Waals surface area contributed by atoms with Crippen molar-refractivity contribution in [2.75, 3.05) is 26.3 Å². The van der Waals surface area contributed by atoms with Gasteiger partial charge in [-0.3, -0.25) is 9.59 Å². The Kier molecular flexibility index (Phi) is 7.68. The molecule has 0 bridgehead atoms. The molecule has 0 saturated carbocycles. The second-order valence-corrected chi connectivity index (χ2v) is 8.71. The van der Waals surface area contributed by atoms with E-state index in [9.17, 15) is 19.5 Å². The Morgan fingerprint density at radius 3 is 2.44 bits per heavy atom. The monoisotopic (exact) mass is 491 g/mol. The van der Waals surface area contributed by atoms with E-state index >= 15 is 0 Å². The molecule has 1 fully saturated rings. The number of hydrogen-bond acceptors (Lipinski definition) is 7. The highest BCUT2D eigenvalue weighted by atomic mass is 16.5. The van der Waals surface area contributed by atoms with Crippen molar-refractivity contribution in [2.45, 2.75) is 26.7 Å². The van der Waals surface area contributed by atoms with Crippen LogP contribution in [0.25, 0.3) is 22.5 Å². The van der Waals surface area contributed by atoms with Crippen molar-refractivity contribution in [1.29, 1.82) is 0 Å². The van der Waals surface area contributed by atoms with Gasteiger partial charge in [0.25, 0.3) is 5.91 Å². The number of rotatable bonds is 7. The molecule has 1 aliphatic heterocycles. The number of ether oxygens (including phenoxy) is 2. The van der Waals surface area contributed by atoms with E-state index in [4.69, 9.17) is 9.47 Å². The van der Waals surface area contributed by atoms with Crippen molar-refractivity contribution >= 4 is 11.9 Å². The number of likely N-dealkylation sites (tertiary alicyclic amines) is 1. The third kappa shape index (κ3) is 5.91. The molecule has 36 heavy (non-hydrogen) atoms. The first kappa shape index (κ1) is 25.0. The number of H-pyrrole nitrogens is 1. The lowest BCUT2D eigenvalue weighted by atomic mass is 9.97. The number of nitrogens with zero attached hydrogens (tertiary/aromatic N) is 2. The fourth-order valence-corrected chi connectivity index (χ4v) is 4.17. The van der Waals surface area contributed by atoms with E-state index < -0.39 is 5.69 Å². The molecule has 2 aromatic carbocycles. The quantitative estimate of drug-likeness (QED) is 0.486. The molecule has 0 atom stereocenters. The number of aryl methyl sites for hydroxylation is 1. The summed E-state index contributed by atoms with van der Waals surface area (Å²) in [4.78, 5) is 45.1. The third-order valence-electron chi connectivity index (χ3n) is 6.23. The molecular weight excluding hydrogens is 462 g/mol. The number of hydrogen-bond donors (Lipinski definition) is 2. The summed E-state index contributed by atoms with van der Waals surface area (Å²) >= 11 is 0. The predicted molar refractivity (Wildman–Crippen MR) is 134 cm³/mol. The van der Waals surface area contributed by atoms with Crippen LogP contribution in [-0.2, 0) is 14.3 Å². The van der Waals surface area contributed by atoms with Crippen LogP contribution in [0.15, 0.2) is 53.3 Å². The van der Waals surface area contributed by atoms with Crippen LogP contribution in [0.4, 0.5) is 0 Å². The fraction of sp³-hybridized carbons (Fsp3) is 0.333. The molecule has 2 N–H and O–H groups in total. The van der Waals surface area contributed by atoms with Gasteiger partial charge in [0, 0.05) is 18.7 Å². The number of aromatic nitrogens is 2. The molecule has 0 radical (unpaired) electrons. The molecule has 3 aromatic rings. The van der Waals surface area contributed by atoms with Gasteiger partial charge in [0.15, 0.2) is 6.61 Å². The first-order valence-corrected chi connectivity index (χ1v) is 11.9. The van der Waals surface area contributed by atoms with Crippen LogP contribution in [0.5, 0.6) is 11.5 Å². The molecule has 1 saturated heterocycles. The highest BCUT2D eigenvalue weighted by Crippen LogP contribution is 2.27. The number of amides is 1. The van der Waals surface area contributed by atoms with Crippen molar-refractivity contribution in [3.63, 3.8) is 0 Å². The zero-order chi connectivity index (χ0) is 25.7. The molecule has 9 heteroatoms. The Morgan fingerprint density at radius 2 is 1.78 bits per heavy atom. The molecular formula is C27H29N3O6. The lowest BCUT2D eigenvalue weighted by Crippen LogP contribution is -2.42. The second-order valence-electron chi connectivity index (χ2n) is 8.71. The van der Waals surface area contributed by atoms with Crippen LogP contribution in [0.1, 0.15) is 25.3 Å². The van der Waals surface area contributed by atoms with E-state index in [1.807, 2.05) is 0 Å². The van der Waals surface area contributed by atoms with E-state index in [1.165, 1.54) is 0 Å². The van der Waals surface area contributed by atoms with Gasteiger partial charge in [-0.25, -0.2) is 4.79 Å². The molecule has 1 aromatic heterocycles. The number of piperidine rings is 1. The van der Waals surface area contributed by atoms with Crippen molar-refractivity contribution in [2.24, 2.45) is 5.92 Å². The van der Waals surface area contributed by atoms with Gasteiger partial charge in [0.1, 0.15) is 11.5 Å². The zero-order valence-corrected chi connectivity index (χ0v) is 20.3. The predicted octanol–water partition coefficient (Wildman–Crippen LogP) is 3.30. The van der Waals surface area contributed by atoms with Gasteiger partial charge < -0.3 is 24.5 Å². The van der Waals surface area contributed by atoms with Crippen LogP contribution in [-0.4, -0.2) is 58.2 Å². The minimum absolute atomic E-state index is 0.0974. The normalized spacial score (nSPS) is 13.9. The Hall–Kier alpha value is -4.14. The van der Waals surface area contributed by atoms with E-state index in [-0.39, 0.29) is 30.2 Å². The van der Waals surface area contributed by atoms with Crippen LogP contribution in [0.3, 0.4) is 0 Å². The highest BCUT2D eigenvalue weighted by Gasteiger charge is 2.28. The van der Waals surface area contributed by atoms with E-state index in [1.54, 1.807) is 67.3 Å². The van der Waals surface area contributed by atoms with Gasteiger partial charge in [-0.15, -0.1) is 0 Å². The number of benzene rings is 2. The second kappa shape index (κ2) is 11.1. The van der Waals surface area contributed by atoms with Gasteiger partial charge in [0.2, 0.25) is 0 Å². The molecule has 9 nitrogen and oxygen atoms in total. The van der Waals surface area contributed by atoms with Crippen LogP contribution >= 0.6 is 0 Å². The number of esters is 1. The van der Waals surface area contributed by atoms with Crippen molar-refractivity contribution in [3.05, 3.63) is 64.6 Å². The minimum atomic E-state index is -0.481. The topological polar surface area (TPSA) is 122 Å². The van der Waals surface area contributed by atoms with E-state index in [2.05, 4.69) is 9.97 Å². The van der Waals surface area contributed by atoms with Gasteiger partial charge >= 0.3 is 11.7 Å². The number of nitrogens with one attached hydrogen (secondary N) is 1. The van der Waals surface area contributed by atoms with Crippen LogP contribution < -0.4 is 10.4 Å². The maximum atomic E-state index is 12.5. The lowest BCUT2D eigenvalue weighted by molar-refractivity contribution is -0.151. The number of carbonyl (C=O) groups is 2. The Morgan fingerprint density at radius 1 is 1.08 bits per heavy atom. The summed E-state index contributed by atoms with van der Waals surface area (Å²) in [7, 11) is 0. The Labute approximate surface area is 208 Å². The summed E-state index contributed by atoms with van der Waals surface area (Å²) in [6, 6.07) is 13.9. The third-order valence-corrected chi connectivity index (χ3v) is 6.23. The van der Waals surface area contributed by atoms with Crippen molar-refractivity contribution in [1.82, 2.24) is 14.9 Å². The first-order chi connectivity index (χ1) is 17.3. The highest BCUT2D eigenvalue weighted by molar-refractivity contribution is 5.79. The smallest absolute Gasteiger partial charge is 0.345 e. The standard InChI is InChI=1S/C27H29N3O6/c1-3-35-26(33)19-10-12-30(13-11-19)25(32)16-36-21-7-4-18(5-8-21)22-15-23(29-27(34)28-22)20-6-9-24(31)17(2)14-20/h4-9,14-15,19,31H,3,10-13,16H2,1-2H3,(H,28,29,34). The molecule has 1 amide bonds. The first-order valence-electron chi connectivity index (χ1n) is 11.9. The van der Waals surface area contributed by atoms with Crippen LogP contribution in [0.2, 0.25) is 0 Å². The molecule has 4 rings (SSSR count). The number of phenols is 1. The van der Waals surface area contributed by atoms with E-state index in [0.717, 1.165) is 11.1 Å². The largest absolute Gasteiger partial charge is 0.508 e. The Balaban J connectivity index is 1.37. The van der Waals surface area contributed by atoms with Crippen molar-refractivity contribution in [3.8, 4) is 34.0 Å². The van der Waals surface area contributed by atoms with Crippen molar-refractivity contribution < 1.29 is 24.2 Å². The fourth-order valence-electron chi connectivity index (χ4n) is 4.17. The minimum Gasteiger partial charge on any atom is -0.508 e. The SMILES string of the molecule is CCOC(=O)C1CCN(C(=O)COc2ccc(-c3cc(-c4ccc(O)c(C)c4)nc(=O)[nH]3)cc2)CC1. The van der Waals surface area contributed by atoms with E-state index in [0.29, 0.717) is 55.2 Å². The molecule has 0 aliphatic carbocycles. The summed E-state index contributed by atoms with van der Waals surface area (Å²) in [5.41, 5.74) is 2.77. The van der Waals surface area contributed by atoms with Gasteiger partial charge in [-0.2, -0.15) is 4.98 Å². The lowest BCUT2D eigenvalue weighted by Gasteiger charge is -2.30. The summed E-state index contributed by atoms with van der Waals surface area (Å²) < 4.78 is 10.7. The molecule has 2 heterocycles. The summed E-state index contributed by atoms with van der Waals surface area (Å²) in [6.07, 6.45) is 1.18. The molecule has 0 unspecified atom stereocenters. The maximum absolute atomic E-state index is 12.5. The van der Waals surface area contributed by atoms with Crippen LogP contribution in [0, 0.1) is 12.8 Å². The van der Waals surface area contributed by atoms with Gasteiger partial charge in [-0.1, -0.05) is 0 Å². The average Bonchev–Trinajstić information content (AvgIpc) is 2.89. The Bertz CT molecular complexity index is 1290. The molecule has 188 valence electrons. The van der Waals surface area contributed by atoms with Gasteiger partial charge in [-0.05, 0) is 86.3 Å². The number of aromatic hydroxyl groups is 1. The summed E-state index contributed by atoms with van der Waals surface area (Å²) in [5.74, 6) is 0.231. The maximum Gasteiger partial charge on any atom is 0.345 e. The van der Waals surface area contributed by atoms with Gasteiger partial charge in [0.05, 0.1) is 23.9 Å². The molecule has 0 spiro atoms. The number of phenolic OH excluding ortho intramolecular Hbond substituents is 1. The summed E-state index contributed by atoms with van der Waals surface area (Å²) in [5, 5.41) is 9.76. The number of aromatic amines is 1. The molecule has 1 aliphatic rings.